The number of hydrogen-bond acceptors (Lipinski definition) is 4. The first-order chi connectivity index (χ1) is 16.6. The predicted molar refractivity (Wildman–Crippen MR) is 149 cm³/mol. The van der Waals surface area contributed by atoms with E-state index in [4.69, 9.17) is 0 Å². The minimum Gasteiger partial charge on any atom is -0.352 e. The van der Waals surface area contributed by atoms with Gasteiger partial charge in [-0.3, -0.25) is 13.9 Å². The van der Waals surface area contributed by atoms with E-state index in [9.17, 15) is 18.0 Å². The molecule has 0 aliphatic heterocycles. The first-order valence-electron chi connectivity index (χ1n) is 12.1. The minimum absolute atomic E-state index is 0.0448. The average Bonchev–Trinajstić information content (AvgIpc) is 2.79. The average molecular weight is 581 g/mol. The van der Waals surface area contributed by atoms with E-state index in [1.54, 1.807) is 19.1 Å². The second-order valence-corrected chi connectivity index (χ2v) is 13.0. The molecule has 2 atom stereocenters. The summed E-state index contributed by atoms with van der Waals surface area (Å²) in [7, 11) is -3.77. The second-order valence-electron chi connectivity index (χ2n) is 10.2. The highest BCUT2D eigenvalue weighted by Crippen LogP contribution is 2.26. The summed E-state index contributed by atoms with van der Waals surface area (Å²) in [5.74, 6) is -0.750. The number of hydrogen-bond donors (Lipinski definition) is 1. The quantitative estimate of drug-likeness (QED) is 0.436. The first kappa shape index (κ1) is 29.8. The molecule has 0 unspecified atom stereocenters. The largest absolute Gasteiger partial charge is 0.352 e. The predicted octanol–water partition coefficient (Wildman–Crippen LogP) is 4.84. The van der Waals surface area contributed by atoms with Crippen molar-refractivity contribution in [2.75, 3.05) is 17.1 Å². The molecule has 0 heterocycles. The third kappa shape index (κ3) is 8.34. The zero-order chi connectivity index (χ0) is 27.3. The Morgan fingerprint density at radius 3 is 2.17 bits per heavy atom. The lowest BCUT2D eigenvalue weighted by Crippen LogP contribution is -2.52. The zero-order valence-corrected chi connectivity index (χ0v) is 24.6. The molecule has 1 N–H and O–H groups in total. The van der Waals surface area contributed by atoms with E-state index in [-0.39, 0.29) is 23.9 Å². The number of carbonyl (C=O) groups is 2. The van der Waals surface area contributed by atoms with Gasteiger partial charge in [0.15, 0.2) is 0 Å². The van der Waals surface area contributed by atoms with E-state index in [0.29, 0.717) is 5.69 Å². The van der Waals surface area contributed by atoms with Gasteiger partial charge in [0.25, 0.3) is 0 Å². The molecule has 0 radical (unpaired) electrons. The summed E-state index contributed by atoms with van der Waals surface area (Å²) in [5.41, 5.74) is 2.18. The molecule has 0 saturated heterocycles. The van der Waals surface area contributed by atoms with Crippen LogP contribution in [-0.4, -0.2) is 50.0 Å². The second kappa shape index (κ2) is 12.2. The SMILES string of the molecule is CC[C@H](C)NC(=O)[C@H](C)N(Cc1cccc(Br)c1)C(=O)CN(c1ccc(C(C)(C)C)cc1)S(C)(=O)=O. The molecule has 0 aromatic heterocycles. The van der Waals surface area contributed by atoms with E-state index in [1.165, 1.54) is 4.90 Å². The summed E-state index contributed by atoms with van der Waals surface area (Å²) in [6, 6.07) is 13.8. The zero-order valence-electron chi connectivity index (χ0n) is 22.2. The number of nitrogens with one attached hydrogen (secondary N) is 1. The van der Waals surface area contributed by atoms with E-state index < -0.39 is 28.5 Å². The van der Waals surface area contributed by atoms with Crippen molar-refractivity contribution in [3.63, 3.8) is 0 Å². The topological polar surface area (TPSA) is 86.8 Å². The lowest BCUT2D eigenvalue weighted by molar-refractivity contribution is -0.139. The summed E-state index contributed by atoms with van der Waals surface area (Å²) >= 11 is 3.44. The van der Waals surface area contributed by atoms with Gasteiger partial charge >= 0.3 is 0 Å². The Bertz CT molecular complexity index is 1160. The van der Waals surface area contributed by atoms with E-state index in [2.05, 4.69) is 42.0 Å². The maximum Gasteiger partial charge on any atom is 0.244 e. The van der Waals surface area contributed by atoms with Crippen LogP contribution < -0.4 is 9.62 Å². The van der Waals surface area contributed by atoms with Gasteiger partial charge in [0, 0.05) is 17.1 Å². The molecule has 0 fully saturated rings. The minimum atomic E-state index is -3.77. The molecule has 2 rings (SSSR count). The van der Waals surface area contributed by atoms with Crippen molar-refractivity contribution in [3.05, 3.63) is 64.1 Å². The summed E-state index contributed by atoms with van der Waals surface area (Å²) in [4.78, 5) is 28.0. The number of halogens is 1. The maximum absolute atomic E-state index is 13.6. The van der Waals surface area contributed by atoms with Gasteiger partial charge in [0.1, 0.15) is 12.6 Å². The lowest BCUT2D eigenvalue weighted by atomic mass is 9.87. The fourth-order valence-electron chi connectivity index (χ4n) is 3.62. The molecule has 0 saturated carbocycles. The van der Waals surface area contributed by atoms with Crippen LogP contribution in [0.2, 0.25) is 0 Å². The molecule has 0 aliphatic rings. The highest BCUT2D eigenvalue weighted by Gasteiger charge is 2.30. The van der Waals surface area contributed by atoms with Crippen molar-refractivity contribution >= 4 is 43.5 Å². The van der Waals surface area contributed by atoms with Gasteiger partial charge in [-0.15, -0.1) is 0 Å². The van der Waals surface area contributed by atoms with Gasteiger partial charge in [-0.1, -0.05) is 67.9 Å². The molecule has 2 aromatic carbocycles. The van der Waals surface area contributed by atoms with Crippen LogP contribution in [0.5, 0.6) is 0 Å². The normalized spacial score (nSPS) is 13.6. The Kier molecular flexibility index (Phi) is 10.1. The molecular formula is C27H38BrN3O4S. The summed E-state index contributed by atoms with van der Waals surface area (Å²) < 4.78 is 27.4. The number of rotatable bonds is 10. The van der Waals surface area contributed by atoms with Crippen LogP contribution in [0.1, 0.15) is 59.1 Å². The van der Waals surface area contributed by atoms with E-state index in [1.807, 2.05) is 50.2 Å². The lowest BCUT2D eigenvalue weighted by Gasteiger charge is -2.32. The molecule has 0 aliphatic carbocycles. The standard InChI is InChI=1S/C27H38BrN3O4S/c1-8-19(2)29-26(33)20(3)30(17-21-10-9-11-23(28)16-21)25(32)18-31(36(7,34)35)24-14-12-22(13-15-24)27(4,5)6/h9-16,19-20H,8,17-18H2,1-7H3,(H,29,33)/t19-,20-/m0/s1. The van der Waals surface area contributed by atoms with Crippen LogP contribution in [-0.2, 0) is 31.6 Å². The van der Waals surface area contributed by atoms with Gasteiger partial charge in [0.2, 0.25) is 21.8 Å². The van der Waals surface area contributed by atoms with Crippen molar-refractivity contribution < 1.29 is 18.0 Å². The fourth-order valence-corrected chi connectivity index (χ4v) is 4.92. The number of carbonyl (C=O) groups excluding carboxylic acids is 2. The first-order valence-corrected chi connectivity index (χ1v) is 14.7. The van der Waals surface area contributed by atoms with Crippen LogP contribution in [0.3, 0.4) is 0 Å². The molecular weight excluding hydrogens is 542 g/mol. The molecule has 36 heavy (non-hydrogen) atoms. The van der Waals surface area contributed by atoms with Crippen LogP contribution in [0.4, 0.5) is 5.69 Å². The highest BCUT2D eigenvalue weighted by molar-refractivity contribution is 9.10. The third-order valence-corrected chi connectivity index (χ3v) is 7.74. The van der Waals surface area contributed by atoms with Gasteiger partial charge < -0.3 is 10.2 Å². The van der Waals surface area contributed by atoms with Gasteiger partial charge in [-0.2, -0.15) is 0 Å². The Morgan fingerprint density at radius 1 is 1.06 bits per heavy atom. The Balaban J connectivity index is 2.40. The van der Waals surface area contributed by atoms with Crippen LogP contribution >= 0.6 is 15.9 Å². The third-order valence-electron chi connectivity index (χ3n) is 6.11. The van der Waals surface area contributed by atoms with E-state index >= 15 is 0 Å². The molecule has 9 heteroatoms. The van der Waals surface area contributed by atoms with Gasteiger partial charge in [-0.25, -0.2) is 8.42 Å². The summed E-state index contributed by atoms with van der Waals surface area (Å²) in [6.07, 6.45) is 1.83. The van der Waals surface area contributed by atoms with Crippen molar-refractivity contribution in [3.8, 4) is 0 Å². The van der Waals surface area contributed by atoms with Crippen molar-refractivity contribution in [1.82, 2.24) is 10.2 Å². The Hall–Kier alpha value is -2.39. The summed E-state index contributed by atoms with van der Waals surface area (Å²) in [5, 5.41) is 2.92. The number of sulfonamides is 1. The number of nitrogens with zero attached hydrogens (tertiary/aromatic N) is 2. The number of anilines is 1. The van der Waals surface area contributed by atoms with Crippen molar-refractivity contribution in [2.24, 2.45) is 0 Å². The Labute approximate surface area is 224 Å². The van der Waals surface area contributed by atoms with Crippen LogP contribution in [0, 0.1) is 0 Å². The summed E-state index contributed by atoms with van der Waals surface area (Å²) in [6.45, 7) is 11.5. The number of benzene rings is 2. The van der Waals surface area contributed by atoms with E-state index in [0.717, 1.165) is 32.6 Å². The monoisotopic (exact) mass is 579 g/mol. The Morgan fingerprint density at radius 2 is 1.67 bits per heavy atom. The molecule has 0 spiro atoms. The van der Waals surface area contributed by atoms with Crippen LogP contribution in [0.25, 0.3) is 0 Å². The molecule has 198 valence electrons. The van der Waals surface area contributed by atoms with Gasteiger partial charge in [0.05, 0.1) is 11.9 Å². The highest BCUT2D eigenvalue weighted by atomic mass is 79.9. The molecule has 2 aromatic rings. The fraction of sp³-hybridized carbons (Fsp3) is 0.481. The smallest absolute Gasteiger partial charge is 0.244 e. The molecule has 2 amide bonds. The van der Waals surface area contributed by atoms with Crippen molar-refractivity contribution in [1.29, 1.82) is 0 Å². The maximum atomic E-state index is 13.6. The molecule has 7 nitrogen and oxygen atoms in total. The van der Waals surface area contributed by atoms with Gasteiger partial charge in [-0.05, 0) is 61.1 Å². The number of amides is 2. The van der Waals surface area contributed by atoms with Crippen LogP contribution in [0.15, 0.2) is 53.0 Å². The van der Waals surface area contributed by atoms with Crippen molar-refractivity contribution in [2.45, 2.75) is 72.0 Å². The molecule has 0 bridgehead atoms.